The highest BCUT2D eigenvalue weighted by Gasteiger charge is 2.41. The zero-order chi connectivity index (χ0) is 21.8. The number of esters is 1. The Morgan fingerprint density at radius 3 is 2.58 bits per heavy atom. The second-order valence-electron chi connectivity index (χ2n) is 7.46. The molecule has 3 unspecified atom stereocenters. The summed E-state index contributed by atoms with van der Waals surface area (Å²) in [5.74, 6) is -0.284. The number of rotatable bonds is 7. The predicted molar refractivity (Wildman–Crippen MR) is 116 cm³/mol. The summed E-state index contributed by atoms with van der Waals surface area (Å²) >= 11 is 1.56. The fourth-order valence-electron chi connectivity index (χ4n) is 4.24. The van der Waals surface area contributed by atoms with Gasteiger partial charge in [-0.3, -0.25) is 9.78 Å². The number of hydrogen-bond donors (Lipinski definition) is 1. The van der Waals surface area contributed by atoms with Crippen LogP contribution >= 0.6 is 11.3 Å². The van der Waals surface area contributed by atoms with Crippen molar-refractivity contribution in [3.8, 4) is 16.5 Å². The summed E-state index contributed by atoms with van der Waals surface area (Å²) in [5, 5.41) is 4.45. The number of carbonyl (C=O) groups excluding carboxylic acids is 1. The number of ether oxygens (including phenoxy) is 2. The molecule has 3 aromatic rings. The molecule has 2 heterocycles. The van der Waals surface area contributed by atoms with E-state index in [-0.39, 0.29) is 29.7 Å². The van der Waals surface area contributed by atoms with E-state index < -0.39 is 0 Å². The Balaban J connectivity index is 1.55. The second kappa shape index (κ2) is 9.53. The van der Waals surface area contributed by atoms with E-state index in [0.717, 1.165) is 27.4 Å². The van der Waals surface area contributed by atoms with Crippen molar-refractivity contribution in [2.24, 2.45) is 5.92 Å². The summed E-state index contributed by atoms with van der Waals surface area (Å²) in [6.45, 7) is 0.558. The summed E-state index contributed by atoms with van der Waals surface area (Å²) < 4.78 is 24.0. The Bertz CT molecular complexity index is 1030. The number of pyridine rings is 1. The van der Waals surface area contributed by atoms with E-state index in [2.05, 4.69) is 15.3 Å². The third-order valence-electron chi connectivity index (χ3n) is 5.72. The van der Waals surface area contributed by atoms with Gasteiger partial charge < -0.3 is 14.8 Å². The zero-order valence-electron chi connectivity index (χ0n) is 17.4. The van der Waals surface area contributed by atoms with Crippen LogP contribution in [0.4, 0.5) is 4.39 Å². The number of halogens is 1. The van der Waals surface area contributed by atoms with E-state index >= 15 is 0 Å². The molecule has 162 valence electrons. The summed E-state index contributed by atoms with van der Waals surface area (Å²) in [6, 6.07) is 10.3. The Labute approximate surface area is 184 Å². The number of hydrogen-bond acceptors (Lipinski definition) is 7. The fourth-order valence-corrected chi connectivity index (χ4v) is 5.23. The minimum Gasteiger partial charge on any atom is -0.480 e. The first kappa shape index (κ1) is 21.4. The lowest BCUT2D eigenvalue weighted by atomic mass is 9.86. The van der Waals surface area contributed by atoms with Crippen LogP contribution in [0.25, 0.3) is 10.6 Å². The van der Waals surface area contributed by atoms with Crippen molar-refractivity contribution in [2.45, 2.75) is 31.3 Å². The van der Waals surface area contributed by atoms with Gasteiger partial charge in [0.2, 0.25) is 5.88 Å². The van der Waals surface area contributed by atoms with Gasteiger partial charge in [0, 0.05) is 36.5 Å². The SMILES string of the molecule is COC(=O)C1CCC(NCc2sc(-c3ccncc3)nc2OC)C1c1ccc(F)cc1. The van der Waals surface area contributed by atoms with Gasteiger partial charge in [-0.05, 0) is 42.7 Å². The molecular weight excluding hydrogens is 417 g/mol. The molecule has 0 aliphatic heterocycles. The summed E-state index contributed by atoms with van der Waals surface area (Å²) in [6.07, 6.45) is 5.01. The van der Waals surface area contributed by atoms with Crippen molar-refractivity contribution in [3.05, 3.63) is 65.0 Å². The minimum absolute atomic E-state index is 0.0470. The number of methoxy groups -OCH3 is 2. The zero-order valence-corrected chi connectivity index (χ0v) is 18.2. The van der Waals surface area contributed by atoms with Gasteiger partial charge in [0.25, 0.3) is 0 Å². The Morgan fingerprint density at radius 2 is 1.90 bits per heavy atom. The van der Waals surface area contributed by atoms with Crippen molar-refractivity contribution in [2.75, 3.05) is 14.2 Å². The number of aromatic nitrogens is 2. The molecule has 1 N–H and O–H groups in total. The third kappa shape index (κ3) is 4.60. The number of carbonyl (C=O) groups is 1. The van der Waals surface area contributed by atoms with Crippen molar-refractivity contribution in [3.63, 3.8) is 0 Å². The van der Waals surface area contributed by atoms with Gasteiger partial charge in [-0.25, -0.2) is 9.37 Å². The van der Waals surface area contributed by atoms with Gasteiger partial charge in [-0.1, -0.05) is 12.1 Å². The molecule has 2 aromatic heterocycles. The van der Waals surface area contributed by atoms with Crippen LogP contribution in [-0.4, -0.2) is 36.2 Å². The molecule has 0 bridgehead atoms. The van der Waals surface area contributed by atoms with Gasteiger partial charge >= 0.3 is 5.97 Å². The van der Waals surface area contributed by atoms with E-state index in [1.807, 2.05) is 12.1 Å². The lowest BCUT2D eigenvalue weighted by molar-refractivity contribution is -0.145. The fraction of sp³-hybridized carbons (Fsp3) is 0.348. The average molecular weight is 442 g/mol. The van der Waals surface area contributed by atoms with Crippen LogP contribution in [-0.2, 0) is 16.1 Å². The van der Waals surface area contributed by atoms with Crippen LogP contribution < -0.4 is 10.1 Å². The van der Waals surface area contributed by atoms with Crippen molar-refractivity contribution >= 4 is 17.3 Å². The lowest BCUT2D eigenvalue weighted by Crippen LogP contribution is -2.34. The first-order chi connectivity index (χ1) is 15.1. The van der Waals surface area contributed by atoms with Gasteiger partial charge in [0.1, 0.15) is 10.8 Å². The molecule has 6 nitrogen and oxygen atoms in total. The summed E-state index contributed by atoms with van der Waals surface area (Å²) in [5.41, 5.74) is 1.92. The Kier molecular flexibility index (Phi) is 6.58. The molecule has 0 saturated heterocycles. The largest absolute Gasteiger partial charge is 0.480 e. The topological polar surface area (TPSA) is 73.3 Å². The van der Waals surface area contributed by atoms with Crippen LogP contribution in [0.5, 0.6) is 5.88 Å². The lowest BCUT2D eigenvalue weighted by Gasteiger charge is -2.25. The first-order valence-electron chi connectivity index (χ1n) is 10.1. The standard InChI is InChI=1S/C23H24FN3O3S/c1-29-21-19(31-22(27-21)15-9-11-25-12-10-15)13-26-18-8-7-17(23(28)30-2)20(18)14-3-5-16(24)6-4-14/h3-6,9-12,17-18,20,26H,7-8,13H2,1-2H3. The summed E-state index contributed by atoms with van der Waals surface area (Å²) in [7, 11) is 3.02. The van der Waals surface area contributed by atoms with Gasteiger partial charge in [0.05, 0.1) is 25.0 Å². The highest BCUT2D eigenvalue weighted by Crippen LogP contribution is 2.41. The molecule has 0 amide bonds. The normalized spacial score (nSPS) is 20.5. The monoisotopic (exact) mass is 441 g/mol. The van der Waals surface area contributed by atoms with Crippen LogP contribution in [0.2, 0.25) is 0 Å². The molecule has 1 aromatic carbocycles. The Morgan fingerprint density at radius 1 is 1.16 bits per heavy atom. The van der Waals surface area contributed by atoms with E-state index in [9.17, 15) is 9.18 Å². The summed E-state index contributed by atoms with van der Waals surface area (Å²) in [4.78, 5) is 22.0. The van der Waals surface area contributed by atoms with E-state index in [4.69, 9.17) is 9.47 Å². The van der Waals surface area contributed by atoms with Gasteiger partial charge in [-0.2, -0.15) is 0 Å². The van der Waals surface area contributed by atoms with Crippen molar-refractivity contribution in [1.29, 1.82) is 0 Å². The van der Waals surface area contributed by atoms with E-state index in [0.29, 0.717) is 18.8 Å². The smallest absolute Gasteiger partial charge is 0.309 e. The van der Waals surface area contributed by atoms with Crippen LogP contribution in [0.1, 0.15) is 29.2 Å². The predicted octanol–water partition coefficient (Wildman–Crippen LogP) is 4.18. The van der Waals surface area contributed by atoms with E-state index in [1.54, 1.807) is 43.0 Å². The molecule has 3 atom stereocenters. The molecule has 0 spiro atoms. The van der Waals surface area contributed by atoms with Crippen molar-refractivity contribution in [1.82, 2.24) is 15.3 Å². The van der Waals surface area contributed by atoms with E-state index in [1.165, 1.54) is 19.2 Å². The molecule has 1 aliphatic carbocycles. The highest BCUT2D eigenvalue weighted by atomic mass is 32.1. The van der Waals surface area contributed by atoms with Crippen LogP contribution in [0, 0.1) is 11.7 Å². The maximum atomic E-state index is 13.5. The minimum atomic E-state index is -0.293. The number of nitrogens with one attached hydrogen (secondary N) is 1. The van der Waals surface area contributed by atoms with Crippen LogP contribution in [0.3, 0.4) is 0 Å². The Hall–Kier alpha value is -2.84. The first-order valence-corrected chi connectivity index (χ1v) is 10.9. The molecule has 4 rings (SSSR count). The maximum absolute atomic E-state index is 13.5. The number of nitrogens with zero attached hydrogens (tertiary/aromatic N) is 2. The molecule has 1 fully saturated rings. The number of benzene rings is 1. The molecule has 0 radical (unpaired) electrons. The quantitative estimate of drug-likeness (QED) is 0.555. The molecule has 8 heteroatoms. The molecule has 31 heavy (non-hydrogen) atoms. The molecular formula is C23H24FN3O3S. The van der Waals surface area contributed by atoms with Gasteiger partial charge in [-0.15, -0.1) is 11.3 Å². The second-order valence-corrected chi connectivity index (χ2v) is 8.54. The maximum Gasteiger partial charge on any atom is 0.309 e. The molecule has 1 aliphatic rings. The average Bonchev–Trinajstić information content (AvgIpc) is 3.42. The third-order valence-corrected chi connectivity index (χ3v) is 6.81. The van der Waals surface area contributed by atoms with Crippen molar-refractivity contribution < 1.29 is 18.7 Å². The highest BCUT2D eigenvalue weighted by molar-refractivity contribution is 7.15. The van der Waals surface area contributed by atoms with Crippen LogP contribution in [0.15, 0.2) is 48.8 Å². The molecule has 1 saturated carbocycles. The number of thiazole rings is 1. The van der Waals surface area contributed by atoms with Gasteiger partial charge in [0.15, 0.2) is 0 Å².